The SMILES string of the molecule is CC1(C)[C@H](NC(=O)c2ccc(N3CCC(CN4CCN(c5ccc6c(=O)n([C@@H]7CCC(=O)NC7=O)ncc6c5)CC4)CC3)nn2)C(C)(C)[C@H]1Oc1ccc(C#N)c(Cl)c1. The maximum Gasteiger partial charge on any atom is 0.275 e. The number of fused-ring (bicyclic) bond motifs is 1. The second-order valence-electron chi connectivity index (χ2n) is 17.4. The number of benzene rings is 2. The van der Waals surface area contributed by atoms with Gasteiger partial charge in [-0.15, -0.1) is 10.2 Å². The lowest BCUT2D eigenvalue weighted by molar-refractivity contribution is -0.164. The van der Waals surface area contributed by atoms with E-state index in [0.29, 0.717) is 27.6 Å². The molecule has 4 aliphatic rings. The number of anilines is 2. The van der Waals surface area contributed by atoms with E-state index < -0.39 is 22.8 Å². The Morgan fingerprint density at radius 1 is 0.932 bits per heavy atom. The van der Waals surface area contributed by atoms with Crippen LogP contribution in [0.3, 0.4) is 0 Å². The molecular weight excluding hydrogens is 772 g/mol. The molecule has 2 aromatic carbocycles. The van der Waals surface area contributed by atoms with E-state index in [-0.39, 0.29) is 48.1 Å². The molecule has 16 heteroatoms. The molecule has 2 aromatic heterocycles. The highest BCUT2D eigenvalue weighted by molar-refractivity contribution is 6.31. The zero-order valence-electron chi connectivity index (χ0n) is 33.8. The number of ether oxygens (including phenoxy) is 1. The predicted molar refractivity (Wildman–Crippen MR) is 222 cm³/mol. The van der Waals surface area contributed by atoms with Gasteiger partial charge in [0, 0.05) is 86.2 Å². The largest absolute Gasteiger partial charge is 0.489 e. The van der Waals surface area contributed by atoms with Gasteiger partial charge in [0.1, 0.15) is 24.0 Å². The maximum absolute atomic E-state index is 13.4. The number of amides is 3. The standard InChI is InChI=1S/C43H49ClN10O5/c1-42(2)40(43(3,4)41(42)59-30-7-5-27(23-45)32(44)22-30)48-37(56)33-9-11-35(50-49-33)53-15-13-26(14-16-53)25-51-17-19-52(20-18-51)29-6-8-31-28(21-29)24-46-54(39(31)58)34-10-12-36(55)47-38(34)57/h5-9,11,21-22,24,26,34,40-41H,10,12-20,25H2,1-4H3,(H,48,56)(H,47,55,57)/t34-,40-,41-/m1/s1. The number of halogens is 1. The molecule has 5 heterocycles. The van der Waals surface area contributed by atoms with Crippen LogP contribution in [0.5, 0.6) is 5.75 Å². The molecule has 4 aromatic rings. The first-order chi connectivity index (χ1) is 28.2. The Hall–Kier alpha value is -5.59. The number of aromatic nitrogens is 4. The van der Waals surface area contributed by atoms with Crippen molar-refractivity contribution in [2.24, 2.45) is 16.7 Å². The van der Waals surface area contributed by atoms with E-state index in [1.54, 1.807) is 30.5 Å². The molecule has 15 nitrogen and oxygen atoms in total. The molecule has 3 saturated heterocycles. The number of imide groups is 1. The van der Waals surface area contributed by atoms with Gasteiger partial charge >= 0.3 is 0 Å². The Bertz CT molecular complexity index is 2360. The van der Waals surface area contributed by atoms with E-state index in [2.05, 4.69) is 74.4 Å². The summed E-state index contributed by atoms with van der Waals surface area (Å²) in [4.78, 5) is 57.7. The molecule has 0 spiro atoms. The van der Waals surface area contributed by atoms with Crippen LogP contribution >= 0.6 is 11.6 Å². The number of nitriles is 1. The van der Waals surface area contributed by atoms with Crippen molar-refractivity contribution in [3.8, 4) is 11.8 Å². The Labute approximate surface area is 347 Å². The summed E-state index contributed by atoms with van der Waals surface area (Å²) in [7, 11) is 0. The number of nitrogens with zero attached hydrogens (tertiary/aromatic N) is 8. The van der Waals surface area contributed by atoms with Crippen molar-refractivity contribution in [3.05, 3.63) is 81.4 Å². The van der Waals surface area contributed by atoms with Gasteiger partial charge in [-0.3, -0.25) is 29.4 Å². The highest BCUT2D eigenvalue weighted by Gasteiger charge is 2.64. The third-order valence-electron chi connectivity index (χ3n) is 12.8. The highest BCUT2D eigenvalue weighted by atomic mass is 35.5. The average Bonchev–Trinajstić information content (AvgIpc) is 3.22. The molecule has 0 radical (unpaired) electrons. The van der Waals surface area contributed by atoms with Crippen molar-refractivity contribution in [3.63, 3.8) is 0 Å². The molecule has 308 valence electrons. The third kappa shape index (κ3) is 7.83. The van der Waals surface area contributed by atoms with Crippen LogP contribution in [0.2, 0.25) is 5.02 Å². The van der Waals surface area contributed by atoms with Gasteiger partial charge < -0.3 is 19.9 Å². The number of piperidine rings is 2. The van der Waals surface area contributed by atoms with Crippen LogP contribution in [0.15, 0.2) is 59.5 Å². The van der Waals surface area contributed by atoms with Gasteiger partial charge in [-0.25, -0.2) is 4.68 Å². The lowest BCUT2D eigenvalue weighted by Gasteiger charge is -2.63. The van der Waals surface area contributed by atoms with Gasteiger partial charge in [0.05, 0.1) is 22.2 Å². The lowest BCUT2D eigenvalue weighted by atomic mass is 9.49. The van der Waals surface area contributed by atoms with Crippen molar-refractivity contribution in [2.45, 2.75) is 71.6 Å². The summed E-state index contributed by atoms with van der Waals surface area (Å²) in [6, 6.07) is 15.5. The number of hydrogen-bond acceptors (Lipinski definition) is 12. The van der Waals surface area contributed by atoms with Crippen LogP contribution in [0.4, 0.5) is 11.5 Å². The zero-order chi connectivity index (χ0) is 41.6. The van der Waals surface area contributed by atoms with E-state index in [4.69, 9.17) is 16.3 Å². The van der Waals surface area contributed by atoms with Crippen molar-refractivity contribution < 1.29 is 19.1 Å². The molecule has 4 fully saturated rings. The van der Waals surface area contributed by atoms with E-state index in [1.165, 1.54) is 4.68 Å². The van der Waals surface area contributed by atoms with Crippen molar-refractivity contribution in [2.75, 3.05) is 55.6 Å². The minimum absolute atomic E-state index is 0.179. The van der Waals surface area contributed by atoms with Crippen LogP contribution in [0.25, 0.3) is 10.8 Å². The summed E-state index contributed by atoms with van der Waals surface area (Å²) >= 11 is 6.24. The number of hydrogen-bond donors (Lipinski definition) is 2. The van der Waals surface area contributed by atoms with Gasteiger partial charge in [0.2, 0.25) is 5.91 Å². The molecule has 59 heavy (non-hydrogen) atoms. The fourth-order valence-electron chi connectivity index (χ4n) is 9.80. The zero-order valence-corrected chi connectivity index (χ0v) is 34.5. The quantitative estimate of drug-likeness (QED) is 0.229. The average molecular weight is 821 g/mol. The van der Waals surface area contributed by atoms with Crippen LogP contribution in [-0.4, -0.2) is 101 Å². The fourth-order valence-corrected chi connectivity index (χ4v) is 10.0. The first-order valence-electron chi connectivity index (χ1n) is 20.3. The monoisotopic (exact) mass is 820 g/mol. The predicted octanol–water partition coefficient (Wildman–Crippen LogP) is 4.34. The number of piperazine rings is 1. The molecule has 0 bridgehead atoms. The molecule has 1 atom stereocenters. The minimum atomic E-state index is -0.787. The summed E-state index contributed by atoms with van der Waals surface area (Å²) in [5.74, 6) is 0.829. The summed E-state index contributed by atoms with van der Waals surface area (Å²) in [6.45, 7) is 14.7. The lowest BCUT2D eigenvalue weighted by Crippen LogP contribution is -2.74. The topological polar surface area (TPSA) is 179 Å². The fraction of sp³-hybridized carbons (Fsp3) is 0.488. The maximum atomic E-state index is 13.4. The second kappa shape index (κ2) is 15.9. The molecule has 2 N–H and O–H groups in total. The first-order valence-corrected chi connectivity index (χ1v) is 20.7. The molecule has 8 rings (SSSR count). The molecular formula is C43H49ClN10O5. The van der Waals surface area contributed by atoms with E-state index in [9.17, 15) is 24.4 Å². The summed E-state index contributed by atoms with van der Waals surface area (Å²) in [6.07, 6.45) is 3.95. The van der Waals surface area contributed by atoms with Crippen LogP contribution < -0.4 is 30.7 Å². The van der Waals surface area contributed by atoms with E-state index in [0.717, 1.165) is 75.5 Å². The minimum Gasteiger partial charge on any atom is -0.489 e. The molecule has 3 amide bonds. The Morgan fingerprint density at radius 2 is 1.68 bits per heavy atom. The van der Waals surface area contributed by atoms with Crippen molar-refractivity contribution in [1.29, 1.82) is 5.26 Å². The Morgan fingerprint density at radius 3 is 2.34 bits per heavy atom. The smallest absolute Gasteiger partial charge is 0.275 e. The molecule has 1 saturated carbocycles. The van der Waals surface area contributed by atoms with Crippen molar-refractivity contribution in [1.82, 2.24) is 35.5 Å². The number of carbonyl (C=O) groups is 3. The highest BCUT2D eigenvalue weighted by Crippen LogP contribution is 2.55. The van der Waals surface area contributed by atoms with E-state index in [1.807, 2.05) is 24.3 Å². The number of rotatable bonds is 9. The Kier molecular flexibility index (Phi) is 10.8. The molecule has 1 aliphatic carbocycles. The van der Waals surface area contributed by atoms with Gasteiger partial charge in [0.15, 0.2) is 11.5 Å². The van der Waals surface area contributed by atoms with Crippen LogP contribution in [0, 0.1) is 28.1 Å². The number of nitrogens with one attached hydrogen (secondary N) is 2. The molecule has 3 aliphatic heterocycles. The summed E-state index contributed by atoms with van der Waals surface area (Å²) in [5.41, 5.74) is 0.583. The van der Waals surface area contributed by atoms with Crippen LogP contribution in [0.1, 0.15) is 75.5 Å². The van der Waals surface area contributed by atoms with Crippen LogP contribution in [-0.2, 0) is 9.59 Å². The van der Waals surface area contributed by atoms with Gasteiger partial charge in [-0.1, -0.05) is 39.3 Å². The normalized spacial score (nSPS) is 23.3. The molecule has 0 unspecified atom stereocenters. The van der Waals surface area contributed by atoms with Gasteiger partial charge in [-0.05, 0) is 67.6 Å². The van der Waals surface area contributed by atoms with E-state index >= 15 is 0 Å². The third-order valence-corrected chi connectivity index (χ3v) is 13.1. The second-order valence-corrected chi connectivity index (χ2v) is 17.8. The van der Waals surface area contributed by atoms with Gasteiger partial charge in [0.25, 0.3) is 17.4 Å². The van der Waals surface area contributed by atoms with Crippen molar-refractivity contribution >= 4 is 51.6 Å². The summed E-state index contributed by atoms with van der Waals surface area (Å²) < 4.78 is 7.56. The van der Waals surface area contributed by atoms with Gasteiger partial charge in [-0.2, -0.15) is 10.4 Å². The number of carbonyl (C=O) groups excluding carboxylic acids is 3. The summed E-state index contributed by atoms with van der Waals surface area (Å²) in [5, 5.41) is 29.4. The first kappa shape index (κ1) is 40.2. The Balaban J connectivity index is 0.792.